The number of rotatable bonds is 2. The van der Waals surface area contributed by atoms with Gasteiger partial charge >= 0.3 is 6.18 Å². The zero-order valence-electron chi connectivity index (χ0n) is 11.8. The molecule has 1 nitrogen and oxygen atoms in total. The number of halogens is 3. The lowest BCUT2D eigenvalue weighted by atomic mass is 9.84. The van der Waals surface area contributed by atoms with E-state index in [0.29, 0.717) is 18.9 Å². The highest BCUT2D eigenvalue weighted by Gasteiger charge is 2.42. The summed E-state index contributed by atoms with van der Waals surface area (Å²) in [7, 11) is 0. The van der Waals surface area contributed by atoms with Crippen LogP contribution in [0.25, 0.3) is 0 Å². The van der Waals surface area contributed by atoms with Gasteiger partial charge in [0.25, 0.3) is 0 Å². The second-order valence-electron chi connectivity index (χ2n) is 6.58. The van der Waals surface area contributed by atoms with E-state index in [1.807, 2.05) is 0 Å². The van der Waals surface area contributed by atoms with Crippen LogP contribution in [0.2, 0.25) is 0 Å². The lowest BCUT2D eigenvalue weighted by Crippen LogP contribution is -2.43. The standard InChI is InChI=1S/C15H26F3N/c1-11-4-2-6-13(9-8-11)19-14-7-3-5-12(10-14)15(16,17)18/h11-14,19H,2-10H2,1H3. The summed E-state index contributed by atoms with van der Waals surface area (Å²) in [5.74, 6) is -0.301. The van der Waals surface area contributed by atoms with Gasteiger partial charge < -0.3 is 5.32 Å². The summed E-state index contributed by atoms with van der Waals surface area (Å²) in [5, 5.41) is 3.52. The molecule has 19 heavy (non-hydrogen) atoms. The van der Waals surface area contributed by atoms with Crippen molar-refractivity contribution in [2.24, 2.45) is 11.8 Å². The Morgan fingerprint density at radius 2 is 1.53 bits per heavy atom. The monoisotopic (exact) mass is 277 g/mol. The molecule has 4 atom stereocenters. The van der Waals surface area contributed by atoms with E-state index in [4.69, 9.17) is 0 Å². The summed E-state index contributed by atoms with van der Waals surface area (Å²) >= 11 is 0. The molecule has 2 saturated carbocycles. The van der Waals surface area contributed by atoms with Gasteiger partial charge in [0.1, 0.15) is 0 Å². The molecule has 0 radical (unpaired) electrons. The van der Waals surface area contributed by atoms with Crippen molar-refractivity contribution >= 4 is 0 Å². The minimum absolute atomic E-state index is 0.0822. The van der Waals surface area contributed by atoms with Gasteiger partial charge in [-0.25, -0.2) is 0 Å². The Balaban J connectivity index is 1.81. The van der Waals surface area contributed by atoms with Crippen LogP contribution >= 0.6 is 0 Å². The Hall–Kier alpha value is -0.250. The van der Waals surface area contributed by atoms with Crippen molar-refractivity contribution in [3.05, 3.63) is 0 Å². The van der Waals surface area contributed by atoms with Crippen LogP contribution < -0.4 is 5.32 Å². The largest absolute Gasteiger partial charge is 0.391 e. The summed E-state index contributed by atoms with van der Waals surface area (Å²) in [6.45, 7) is 2.28. The van der Waals surface area contributed by atoms with E-state index >= 15 is 0 Å². The van der Waals surface area contributed by atoms with Crippen LogP contribution in [-0.4, -0.2) is 18.3 Å². The van der Waals surface area contributed by atoms with E-state index in [-0.39, 0.29) is 12.5 Å². The highest BCUT2D eigenvalue weighted by molar-refractivity contribution is 4.85. The number of alkyl halides is 3. The molecule has 2 rings (SSSR count). The second kappa shape index (κ2) is 6.47. The molecule has 0 aromatic carbocycles. The normalized spacial score (nSPS) is 37.9. The van der Waals surface area contributed by atoms with E-state index in [1.165, 1.54) is 19.3 Å². The zero-order valence-corrected chi connectivity index (χ0v) is 11.8. The Labute approximate surface area is 114 Å². The third-order valence-corrected chi connectivity index (χ3v) is 4.87. The maximum Gasteiger partial charge on any atom is 0.391 e. The van der Waals surface area contributed by atoms with Gasteiger partial charge in [-0.3, -0.25) is 0 Å². The zero-order chi connectivity index (χ0) is 13.9. The van der Waals surface area contributed by atoms with Crippen molar-refractivity contribution in [3.8, 4) is 0 Å². The van der Waals surface area contributed by atoms with Gasteiger partial charge in [0, 0.05) is 12.1 Å². The molecule has 1 N–H and O–H groups in total. The highest BCUT2D eigenvalue weighted by atomic mass is 19.4. The first-order valence-corrected chi connectivity index (χ1v) is 7.78. The number of hydrogen-bond donors (Lipinski definition) is 1. The van der Waals surface area contributed by atoms with Crippen LogP contribution in [0, 0.1) is 11.8 Å². The van der Waals surface area contributed by atoms with E-state index in [0.717, 1.165) is 25.2 Å². The SMILES string of the molecule is CC1CCCC(NC2CCCC(C(F)(F)F)C2)CC1. The molecule has 0 bridgehead atoms. The van der Waals surface area contributed by atoms with Gasteiger partial charge in [-0.1, -0.05) is 26.2 Å². The first kappa shape index (κ1) is 15.1. The fraction of sp³-hybridized carbons (Fsp3) is 1.00. The molecule has 112 valence electrons. The summed E-state index contributed by atoms with van der Waals surface area (Å²) in [5.41, 5.74) is 0. The van der Waals surface area contributed by atoms with Crippen LogP contribution in [0.15, 0.2) is 0 Å². The Kier molecular flexibility index (Phi) is 5.15. The van der Waals surface area contributed by atoms with Crippen molar-refractivity contribution in [2.75, 3.05) is 0 Å². The van der Waals surface area contributed by atoms with Crippen molar-refractivity contribution in [2.45, 2.75) is 83.0 Å². The van der Waals surface area contributed by atoms with E-state index in [1.54, 1.807) is 0 Å². The van der Waals surface area contributed by atoms with Gasteiger partial charge in [0.2, 0.25) is 0 Å². The minimum atomic E-state index is -4.00. The smallest absolute Gasteiger partial charge is 0.311 e. The predicted octanol–water partition coefficient (Wildman–Crippen LogP) is 4.67. The number of hydrogen-bond acceptors (Lipinski definition) is 1. The van der Waals surface area contributed by atoms with Gasteiger partial charge in [-0.2, -0.15) is 13.2 Å². The van der Waals surface area contributed by atoms with Crippen LogP contribution in [0.4, 0.5) is 13.2 Å². The fourth-order valence-electron chi connectivity index (χ4n) is 3.63. The second-order valence-corrected chi connectivity index (χ2v) is 6.58. The molecule has 2 aliphatic rings. The minimum Gasteiger partial charge on any atom is -0.311 e. The van der Waals surface area contributed by atoms with Crippen LogP contribution in [0.1, 0.15) is 64.7 Å². The van der Waals surface area contributed by atoms with Gasteiger partial charge in [0.15, 0.2) is 0 Å². The lowest BCUT2D eigenvalue weighted by molar-refractivity contribution is -0.183. The molecular weight excluding hydrogens is 251 g/mol. The predicted molar refractivity (Wildman–Crippen MR) is 71.0 cm³/mol. The van der Waals surface area contributed by atoms with Gasteiger partial charge in [-0.05, 0) is 44.4 Å². The van der Waals surface area contributed by atoms with Gasteiger partial charge in [-0.15, -0.1) is 0 Å². The molecule has 0 aromatic heterocycles. The Morgan fingerprint density at radius 1 is 0.842 bits per heavy atom. The molecule has 4 unspecified atom stereocenters. The maximum absolute atomic E-state index is 12.8. The molecule has 0 heterocycles. The number of nitrogens with one attached hydrogen (secondary N) is 1. The molecular formula is C15H26F3N. The lowest BCUT2D eigenvalue weighted by Gasteiger charge is -2.33. The molecule has 0 aromatic rings. The first-order valence-electron chi connectivity index (χ1n) is 7.78. The third kappa shape index (κ3) is 4.66. The van der Waals surface area contributed by atoms with E-state index in [9.17, 15) is 13.2 Å². The third-order valence-electron chi connectivity index (χ3n) is 4.87. The van der Waals surface area contributed by atoms with Crippen molar-refractivity contribution in [1.29, 1.82) is 0 Å². The molecule has 0 spiro atoms. The molecule has 2 fully saturated rings. The Bertz CT molecular complexity index is 277. The summed E-state index contributed by atoms with van der Waals surface area (Å²) in [6, 6.07) is 0.528. The van der Waals surface area contributed by atoms with Crippen molar-refractivity contribution in [1.82, 2.24) is 5.32 Å². The fourth-order valence-corrected chi connectivity index (χ4v) is 3.63. The van der Waals surface area contributed by atoms with Gasteiger partial charge in [0.05, 0.1) is 5.92 Å². The average molecular weight is 277 g/mol. The molecule has 0 aliphatic heterocycles. The maximum atomic E-state index is 12.8. The molecule has 0 amide bonds. The van der Waals surface area contributed by atoms with Crippen LogP contribution in [0.5, 0.6) is 0 Å². The molecule has 0 saturated heterocycles. The highest BCUT2D eigenvalue weighted by Crippen LogP contribution is 2.38. The quantitative estimate of drug-likeness (QED) is 0.723. The van der Waals surface area contributed by atoms with Crippen molar-refractivity contribution < 1.29 is 13.2 Å². The Morgan fingerprint density at radius 3 is 2.26 bits per heavy atom. The molecule has 2 aliphatic carbocycles. The first-order chi connectivity index (χ1) is 8.95. The van der Waals surface area contributed by atoms with E-state index < -0.39 is 12.1 Å². The summed E-state index contributed by atoms with van der Waals surface area (Å²) in [4.78, 5) is 0. The van der Waals surface area contributed by atoms with Crippen molar-refractivity contribution in [3.63, 3.8) is 0 Å². The summed E-state index contributed by atoms with van der Waals surface area (Å²) in [6.07, 6.45) is 4.21. The average Bonchev–Trinajstić information content (AvgIpc) is 2.54. The van der Waals surface area contributed by atoms with E-state index in [2.05, 4.69) is 12.2 Å². The topological polar surface area (TPSA) is 12.0 Å². The molecule has 4 heteroatoms. The summed E-state index contributed by atoms with van der Waals surface area (Å²) < 4.78 is 38.3. The van der Waals surface area contributed by atoms with Crippen LogP contribution in [-0.2, 0) is 0 Å². The van der Waals surface area contributed by atoms with Crippen LogP contribution in [0.3, 0.4) is 0 Å².